The maximum atomic E-state index is 12.7. The Hall–Kier alpha value is -3.36. The van der Waals surface area contributed by atoms with E-state index in [0.29, 0.717) is 6.54 Å². The third-order valence-electron chi connectivity index (χ3n) is 3.88. The van der Waals surface area contributed by atoms with Crippen LogP contribution in [0.4, 0.5) is 13.2 Å². The van der Waals surface area contributed by atoms with Gasteiger partial charge in [0.15, 0.2) is 12.3 Å². The molecule has 1 aromatic carbocycles. The normalized spacial score (nSPS) is 11.3. The fraction of sp³-hybridized carbons (Fsp3) is 0.211. The van der Waals surface area contributed by atoms with Gasteiger partial charge in [-0.15, -0.1) is 0 Å². The molecule has 0 unspecified atom stereocenters. The number of nitrogens with one attached hydrogen (secondary N) is 1. The van der Waals surface area contributed by atoms with Crippen molar-refractivity contribution in [3.8, 4) is 5.75 Å². The standard InChI is InChI=1S/C19H16F3N3O3/c1-12-8-23-6-5-13(12)9-24-18(26)16-10-28-17(25-16)11-27-15-4-2-3-14(7-15)19(20,21)22/h2-8,10H,9,11H2,1H3,(H,24,26). The Morgan fingerprint density at radius 1 is 1.29 bits per heavy atom. The number of alkyl halides is 3. The molecule has 0 spiro atoms. The first-order chi connectivity index (χ1) is 13.3. The number of carbonyl (C=O) groups is 1. The number of pyridine rings is 1. The molecular formula is C19H16F3N3O3. The summed E-state index contributed by atoms with van der Waals surface area (Å²) in [6.07, 6.45) is 0.0366. The molecule has 146 valence electrons. The number of benzene rings is 1. The van der Waals surface area contributed by atoms with Crippen LogP contribution in [0.3, 0.4) is 0 Å². The lowest BCUT2D eigenvalue weighted by molar-refractivity contribution is -0.137. The summed E-state index contributed by atoms with van der Waals surface area (Å²) in [5.74, 6) is -0.347. The smallest absolute Gasteiger partial charge is 0.416 e. The molecule has 3 rings (SSSR count). The highest BCUT2D eigenvalue weighted by atomic mass is 19.4. The molecule has 2 aromatic heterocycles. The lowest BCUT2D eigenvalue weighted by atomic mass is 10.1. The molecule has 6 nitrogen and oxygen atoms in total. The summed E-state index contributed by atoms with van der Waals surface area (Å²) in [5, 5.41) is 2.71. The van der Waals surface area contributed by atoms with Crippen LogP contribution in [0.25, 0.3) is 0 Å². The van der Waals surface area contributed by atoms with Crippen molar-refractivity contribution in [1.82, 2.24) is 15.3 Å². The van der Waals surface area contributed by atoms with Crippen molar-refractivity contribution < 1.29 is 27.1 Å². The number of rotatable bonds is 6. The molecule has 0 fully saturated rings. The number of amides is 1. The van der Waals surface area contributed by atoms with E-state index in [1.54, 1.807) is 18.5 Å². The lowest BCUT2D eigenvalue weighted by Crippen LogP contribution is -2.23. The molecule has 0 aliphatic rings. The molecule has 0 saturated heterocycles. The summed E-state index contributed by atoms with van der Waals surface area (Å²) in [4.78, 5) is 20.1. The van der Waals surface area contributed by atoms with Gasteiger partial charge in [0, 0.05) is 18.9 Å². The van der Waals surface area contributed by atoms with Gasteiger partial charge in [0.05, 0.1) is 5.56 Å². The molecule has 0 saturated carbocycles. The van der Waals surface area contributed by atoms with Crippen molar-refractivity contribution in [2.24, 2.45) is 0 Å². The fourth-order valence-electron chi connectivity index (χ4n) is 2.36. The third kappa shape index (κ3) is 4.87. The number of hydrogen-bond donors (Lipinski definition) is 1. The number of nitrogens with zero attached hydrogens (tertiary/aromatic N) is 2. The Kier molecular flexibility index (Phi) is 5.62. The van der Waals surface area contributed by atoms with Gasteiger partial charge in [-0.05, 0) is 42.3 Å². The summed E-state index contributed by atoms with van der Waals surface area (Å²) in [6, 6.07) is 6.27. The topological polar surface area (TPSA) is 77.2 Å². The molecule has 0 aliphatic carbocycles. The van der Waals surface area contributed by atoms with Crippen molar-refractivity contribution in [2.75, 3.05) is 0 Å². The molecule has 1 N–H and O–H groups in total. The maximum absolute atomic E-state index is 12.7. The van der Waals surface area contributed by atoms with Crippen LogP contribution in [0.2, 0.25) is 0 Å². The number of aromatic nitrogens is 2. The van der Waals surface area contributed by atoms with E-state index in [1.807, 2.05) is 6.92 Å². The fourth-order valence-corrected chi connectivity index (χ4v) is 2.36. The predicted octanol–water partition coefficient (Wildman–Crippen LogP) is 3.91. The Bertz CT molecular complexity index is 970. The number of ether oxygens (including phenoxy) is 1. The molecule has 0 radical (unpaired) electrons. The van der Waals surface area contributed by atoms with Gasteiger partial charge >= 0.3 is 6.18 Å². The summed E-state index contributed by atoms with van der Waals surface area (Å²) >= 11 is 0. The van der Waals surface area contributed by atoms with Crippen LogP contribution in [0.5, 0.6) is 5.75 Å². The first kappa shape index (κ1) is 19.4. The molecule has 0 atom stereocenters. The van der Waals surface area contributed by atoms with Crippen LogP contribution in [-0.2, 0) is 19.3 Å². The maximum Gasteiger partial charge on any atom is 0.416 e. The average Bonchev–Trinajstić information content (AvgIpc) is 3.14. The van der Waals surface area contributed by atoms with Crippen molar-refractivity contribution in [3.63, 3.8) is 0 Å². The highest BCUT2D eigenvalue weighted by molar-refractivity contribution is 5.91. The third-order valence-corrected chi connectivity index (χ3v) is 3.88. The van der Waals surface area contributed by atoms with Gasteiger partial charge in [0.1, 0.15) is 12.0 Å². The first-order valence-electron chi connectivity index (χ1n) is 8.25. The molecule has 3 aromatic rings. The highest BCUT2D eigenvalue weighted by Gasteiger charge is 2.30. The summed E-state index contributed by atoms with van der Waals surface area (Å²) in [6.45, 7) is 1.97. The van der Waals surface area contributed by atoms with Crippen molar-refractivity contribution >= 4 is 5.91 Å². The Balaban J connectivity index is 1.57. The number of halogens is 3. The first-order valence-corrected chi connectivity index (χ1v) is 8.25. The minimum atomic E-state index is -4.46. The largest absolute Gasteiger partial charge is 0.484 e. The van der Waals surface area contributed by atoms with Crippen LogP contribution in [-0.4, -0.2) is 15.9 Å². The van der Waals surface area contributed by atoms with Crippen LogP contribution in [0.15, 0.2) is 53.4 Å². The van der Waals surface area contributed by atoms with Gasteiger partial charge < -0.3 is 14.5 Å². The molecule has 2 heterocycles. The summed E-state index contributed by atoms with van der Waals surface area (Å²) < 4.78 is 48.6. The highest BCUT2D eigenvalue weighted by Crippen LogP contribution is 2.31. The van der Waals surface area contributed by atoms with Crippen LogP contribution in [0, 0.1) is 6.92 Å². The van der Waals surface area contributed by atoms with E-state index in [2.05, 4.69) is 15.3 Å². The zero-order valence-corrected chi connectivity index (χ0v) is 14.8. The second kappa shape index (κ2) is 8.12. The Morgan fingerprint density at radius 2 is 2.11 bits per heavy atom. The molecule has 0 aliphatic heterocycles. The SMILES string of the molecule is Cc1cnccc1CNC(=O)c1coc(COc2cccc(C(F)(F)F)c2)n1. The van der Waals surface area contributed by atoms with Crippen LogP contribution >= 0.6 is 0 Å². The zero-order chi connectivity index (χ0) is 20.1. The second-order valence-electron chi connectivity index (χ2n) is 5.93. The molecule has 1 amide bonds. The Morgan fingerprint density at radius 3 is 2.86 bits per heavy atom. The van der Waals surface area contributed by atoms with E-state index in [4.69, 9.17) is 9.15 Å². The number of hydrogen-bond acceptors (Lipinski definition) is 5. The van der Waals surface area contributed by atoms with Gasteiger partial charge in [-0.1, -0.05) is 6.07 Å². The molecule has 28 heavy (non-hydrogen) atoms. The van der Waals surface area contributed by atoms with E-state index in [-0.39, 0.29) is 23.9 Å². The number of carbonyl (C=O) groups excluding carboxylic acids is 1. The number of oxazole rings is 1. The minimum absolute atomic E-state index is 0.0205. The van der Waals surface area contributed by atoms with Gasteiger partial charge in [0.25, 0.3) is 5.91 Å². The quantitative estimate of drug-likeness (QED) is 0.690. The molecule has 0 bridgehead atoms. The second-order valence-corrected chi connectivity index (χ2v) is 5.93. The molecule has 9 heteroatoms. The van der Waals surface area contributed by atoms with Crippen molar-refractivity contribution in [3.05, 3.63) is 77.3 Å². The van der Waals surface area contributed by atoms with Gasteiger partial charge in [-0.3, -0.25) is 9.78 Å². The minimum Gasteiger partial charge on any atom is -0.484 e. The lowest BCUT2D eigenvalue weighted by Gasteiger charge is -2.09. The summed E-state index contributed by atoms with van der Waals surface area (Å²) in [5.41, 5.74) is 1.09. The van der Waals surface area contributed by atoms with E-state index in [0.717, 1.165) is 23.3 Å². The van der Waals surface area contributed by atoms with E-state index in [1.165, 1.54) is 18.4 Å². The van der Waals surface area contributed by atoms with Crippen molar-refractivity contribution in [2.45, 2.75) is 26.3 Å². The van der Waals surface area contributed by atoms with Gasteiger partial charge in [-0.25, -0.2) is 4.98 Å². The van der Waals surface area contributed by atoms with Crippen molar-refractivity contribution in [1.29, 1.82) is 0 Å². The summed E-state index contributed by atoms with van der Waals surface area (Å²) in [7, 11) is 0. The monoisotopic (exact) mass is 391 g/mol. The van der Waals surface area contributed by atoms with Gasteiger partial charge in [0.2, 0.25) is 5.89 Å². The zero-order valence-electron chi connectivity index (χ0n) is 14.8. The van der Waals surface area contributed by atoms with E-state index >= 15 is 0 Å². The average molecular weight is 391 g/mol. The van der Waals surface area contributed by atoms with E-state index in [9.17, 15) is 18.0 Å². The van der Waals surface area contributed by atoms with Crippen LogP contribution in [0.1, 0.15) is 33.1 Å². The van der Waals surface area contributed by atoms with Gasteiger partial charge in [-0.2, -0.15) is 13.2 Å². The predicted molar refractivity (Wildman–Crippen MR) is 92.4 cm³/mol. The Labute approximate surface area is 158 Å². The number of aryl methyl sites for hydroxylation is 1. The van der Waals surface area contributed by atoms with E-state index < -0.39 is 17.6 Å². The molecular weight excluding hydrogens is 375 g/mol. The van der Waals surface area contributed by atoms with Crippen LogP contribution < -0.4 is 10.1 Å².